The maximum atomic E-state index is 12.0. The van der Waals surface area contributed by atoms with Gasteiger partial charge in [0.1, 0.15) is 0 Å². The second-order valence-electron chi connectivity index (χ2n) is 5.11. The summed E-state index contributed by atoms with van der Waals surface area (Å²) in [5.74, 6) is 0. The molecule has 1 aliphatic rings. The summed E-state index contributed by atoms with van der Waals surface area (Å²) in [6.45, 7) is 4.20. The molecule has 0 unspecified atom stereocenters. The minimum Gasteiger partial charge on any atom is -0.382 e. The number of hydrogen-bond acceptors (Lipinski definition) is 5. The highest BCUT2D eigenvalue weighted by Gasteiger charge is 2.20. The smallest absolute Gasteiger partial charge is 0.258 e. The predicted octanol–water partition coefficient (Wildman–Crippen LogP) is 1.04. The molecule has 2 rings (SSSR count). The van der Waals surface area contributed by atoms with E-state index in [-0.39, 0.29) is 5.03 Å². The SMILES string of the molecule is CCOCCCNS(=O)(=O)c1ccc(CNC2CC2)cn1. The highest BCUT2D eigenvalue weighted by molar-refractivity contribution is 7.89. The van der Waals surface area contributed by atoms with Crippen molar-refractivity contribution in [3.05, 3.63) is 23.9 Å². The Bertz CT molecular complexity index is 527. The van der Waals surface area contributed by atoms with Gasteiger partial charge in [-0.05, 0) is 37.8 Å². The number of ether oxygens (including phenoxy) is 1. The zero-order chi connectivity index (χ0) is 15.1. The Balaban J connectivity index is 1.80. The molecule has 0 spiro atoms. The van der Waals surface area contributed by atoms with Gasteiger partial charge in [0.25, 0.3) is 10.0 Å². The Morgan fingerprint density at radius 3 is 2.81 bits per heavy atom. The van der Waals surface area contributed by atoms with Crippen molar-refractivity contribution in [3.63, 3.8) is 0 Å². The Hall–Kier alpha value is -1.02. The molecule has 0 bridgehead atoms. The van der Waals surface area contributed by atoms with Gasteiger partial charge in [0.2, 0.25) is 0 Å². The van der Waals surface area contributed by atoms with Crippen molar-refractivity contribution >= 4 is 10.0 Å². The third kappa shape index (κ3) is 5.70. The van der Waals surface area contributed by atoms with Gasteiger partial charge in [0.15, 0.2) is 5.03 Å². The first-order valence-corrected chi connectivity index (χ1v) is 8.86. The molecule has 1 saturated carbocycles. The van der Waals surface area contributed by atoms with Gasteiger partial charge < -0.3 is 10.1 Å². The molecular weight excluding hydrogens is 290 g/mol. The maximum absolute atomic E-state index is 12.0. The van der Waals surface area contributed by atoms with E-state index < -0.39 is 10.0 Å². The molecule has 1 aromatic rings. The zero-order valence-corrected chi connectivity index (χ0v) is 13.2. The fraction of sp³-hybridized carbons (Fsp3) is 0.643. The second-order valence-corrected chi connectivity index (χ2v) is 6.82. The molecule has 1 heterocycles. The molecule has 0 aromatic carbocycles. The van der Waals surface area contributed by atoms with Crippen molar-refractivity contribution in [1.29, 1.82) is 0 Å². The molecule has 1 aliphatic carbocycles. The lowest BCUT2D eigenvalue weighted by molar-refractivity contribution is 0.146. The van der Waals surface area contributed by atoms with Gasteiger partial charge in [0.05, 0.1) is 0 Å². The number of sulfonamides is 1. The first-order valence-electron chi connectivity index (χ1n) is 7.37. The number of nitrogens with zero attached hydrogens (tertiary/aromatic N) is 1. The molecule has 1 aromatic heterocycles. The van der Waals surface area contributed by atoms with Crippen LogP contribution in [0.4, 0.5) is 0 Å². The van der Waals surface area contributed by atoms with E-state index in [9.17, 15) is 8.42 Å². The van der Waals surface area contributed by atoms with E-state index in [0.717, 1.165) is 12.1 Å². The molecule has 0 amide bonds. The number of nitrogens with one attached hydrogen (secondary N) is 2. The highest BCUT2D eigenvalue weighted by Crippen LogP contribution is 2.19. The second kappa shape index (κ2) is 7.84. The zero-order valence-electron chi connectivity index (χ0n) is 12.3. The van der Waals surface area contributed by atoms with Crippen LogP contribution in [-0.2, 0) is 21.3 Å². The van der Waals surface area contributed by atoms with Gasteiger partial charge >= 0.3 is 0 Å². The van der Waals surface area contributed by atoms with Crippen molar-refractivity contribution in [3.8, 4) is 0 Å². The van der Waals surface area contributed by atoms with Crippen molar-refractivity contribution < 1.29 is 13.2 Å². The lowest BCUT2D eigenvalue weighted by atomic mass is 10.3. The minimum absolute atomic E-state index is 0.0640. The quantitative estimate of drug-likeness (QED) is 0.631. The van der Waals surface area contributed by atoms with Crippen molar-refractivity contribution in [2.45, 2.75) is 43.8 Å². The topological polar surface area (TPSA) is 80.3 Å². The fourth-order valence-corrected chi connectivity index (χ4v) is 2.82. The standard InChI is InChI=1S/C14H23N3O3S/c1-2-20-9-3-8-17-21(18,19)14-7-4-12(11-16-14)10-15-13-5-6-13/h4,7,11,13,15,17H,2-3,5-6,8-10H2,1H3. The van der Waals surface area contributed by atoms with Gasteiger partial charge in [-0.15, -0.1) is 0 Å². The van der Waals surface area contributed by atoms with Crippen LogP contribution in [0.5, 0.6) is 0 Å². The van der Waals surface area contributed by atoms with E-state index >= 15 is 0 Å². The molecule has 1 fully saturated rings. The molecule has 7 heteroatoms. The van der Waals surface area contributed by atoms with Crippen LogP contribution in [0.2, 0.25) is 0 Å². The van der Waals surface area contributed by atoms with Crippen molar-refractivity contribution in [1.82, 2.24) is 15.0 Å². The number of rotatable bonds is 10. The van der Waals surface area contributed by atoms with E-state index in [0.29, 0.717) is 32.2 Å². The Kier molecular flexibility index (Phi) is 6.10. The number of aromatic nitrogens is 1. The van der Waals surface area contributed by atoms with Crippen LogP contribution in [-0.4, -0.2) is 39.2 Å². The van der Waals surface area contributed by atoms with Crippen molar-refractivity contribution in [2.75, 3.05) is 19.8 Å². The summed E-state index contributed by atoms with van der Waals surface area (Å²) in [6, 6.07) is 3.98. The van der Waals surface area contributed by atoms with Crippen molar-refractivity contribution in [2.24, 2.45) is 0 Å². The fourth-order valence-electron chi connectivity index (χ4n) is 1.82. The molecule has 0 saturated heterocycles. The third-order valence-corrected chi connectivity index (χ3v) is 4.58. The van der Waals surface area contributed by atoms with Crippen LogP contribution in [0.15, 0.2) is 23.4 Å². The Morgan fingerprint density at radius 2 is 2.19 bits per heavy atom. The van der Waals surface area contributed by atoms with Crippen LogP contribution in [0.3, 0.4) is 0 Å². The Morgan fingerprint density at radius 1 is 1.38 bits per heavy atom. The Labute approximate surface area is 126 Å². The summed E-state index contributed by atoms with van der Waals surface area (Å²) >= 11 is 0. The summed E-state index contributed by atoms with van der Waals surface area (Å²) in [4.78, 5) is 4.04. The van der Waals surface area contributed by atoms with E-state index in [4.69, 9.17) is 4.74 Å². The molecule has 21 heavy (non-hydrogen) atoms. The van der Waals surface area contributed by atoms with Crippen LogP contribution in [0.25, 0.3) is 0 Å². The van der Waals surface area contributed by atoms with Crippen LogP contribution in [0, 0.1) is 0 Å². The first-order chi connectivity index (χ1) is 10.1. The predicted molar refractivity (Wildman–Crippen MR) is 80.4 cm³/mol. The molecule has 118 valence electrons. The average Bonchev–Trinajstić information content (AvgIpc) is 3.29. The lowest BCUT2D eigenvalue weighted by Gasteiger charge is -2.07. The summed E-state index contributed by atoms with van der Waals surface area (Å²) in [7, 11) is -3.52. The monoisotopic (exact) mass is 313 g/mol. The highest BCUT2D eigenvalue weighted by atomic mass is 32.2. The van der Waals surface area contributed by atoms with E-state index in [2.05, 4.69) is 15.0 Å². The largest absolute Gasteiger partial charge is 0.382 e. The van der Waals surface area contributed by atoms with Gasteiger partial charge in [-0.3, -0.25) is 0 Å². The van der Waals surface area contributed by atoms with Gasteiger partial charge in [-0.25, -0.2) is 18.1 Å². The normalized spacial score (nSPS) is 15.3. The van der Waals surface area contributed by atoms with Gasteiger partial charge in [0, 0.05) is 38.5 Å². The molecule has 0 radical (unpaired) electrons. The van der Waals surface area contributed by atoms with E-state index in [1.165, 1.54) is 12.8 Å². The van der Waals surface area contributed by atoms with Gasteiger partial charge in [-0.2, -0.15) is 0 Å². The summed E-state index contributed by atoms with van der Waals surface area (Å²) < 4.78 is 31.7. The van der Waals surface area contributed by atoms with Crippen LogP contribution < -0.4 is 10.0 Å². The molecule has 0 atom stereocenters. The van der Waals surface area contributed by atoms with Crippen LogP contribution in [0.1, 0.15) is 31.7 Å². The van der Waals surface area contributed by atoms with Crippen LogP contribution >= 0.6 is 0 Å². The summed E-state index contributed by atoms with van der Waals surface area (Å²) in [5.41, 5.74) is 0.997. The first kappa shape index (κ1) is 16.4. The maximum Gasteiger partial charge on any atom is 0.258 e. The number of hydrogen-bond donors (Lipinski definition) is 2. The van der Waals surface area contributed by atoms with E-state index in [1.54, 1.807) is 18.3 Å². The third-order valence-electron chi connectivity index (χ3n) is 3.21. The summed E-state index contributed by atoms with van der Waals surface area (Å²) in [6.07, 6.45) is 4.72. The minimum atomic E-state index is -3.52. The lowest BCUT2D eigenvalue weighted by Crippen LogP contribution is -2.26. The molecule has 2 N–H and O–H groups in total. The molecular formula is C14H23N3O3S. The molecule has 6 nitrogen and oxygen atoms in total. The summed E-state index contributed by atoms with van der Waals surface area (Å²) in [5, 5.41) is 3.43. The van der Waals surface area contributed by atoms with E-state index in [1.807, 2.05) is 6.92 Å². The van der Waals surface area contributed by atoms with Gasteiger partial charge in [-0.1, -0.05) is 6.07 Å². The average molecular weight is 313 g/mol. The molecule has 0 aliphatic heterocycles. The number of pyridine rings is 1.